The zero-order chi connectivity index (χ0) is 15.1. The Hall–Kier alpha value is -1.09. The van der Waals surface area contributed by atoms with Gasteiger partial charge in [-0.25, -0.2) is 4.39 Å². The quantitative estimate of drug-likeness (QED) is 0.888. The van der Waals surface area contributed by atoms with Crippen molar-refractivity contribution in [1.29, 1.82) is 0 Å². The van der Waals surface area contributed by atoms with Gasteiger partial charge in [-0.2, -0.15) is 0 Å². The molecule has 0 bridgehead atoms. The first kappa shape index (κ1) is 15.3. The van der Waals surface area contributed by atoms with Crippen molar-refractivity contribution in [3.05, 3.63) is 29.6 Å². The molecule has 3 heteroatoms. The molecule has 0 saturated heterocycles. The predicted molar refractivity (Wildman–Crippen MR) is 80.6 cm³/mol. The Bertz CT molecular complexity index is 482. The molecule has 1 saturated carbocycles. The molecule has 0 aliphatic heterocycles. The Balaban J connectivity index is 2.21. The first-order valence-corrected chi connectivity index (χ1v) is 7.26. The van der Waals surface area contributed by atoms with Crippen LogP contribution in [0, 0.1) is 22.6 Å². The van der Waals surface area contributed by atoms with Gasteiger partial charge in [-0.1, -0.05) is 39.8 Å². The maximum atomic E-state index is 14.3. The molecular weight excluding hydrogens is 253 g/mol. The molecule has 1 aromatic carbocycles. The van der Waals surface area contributed by atoms with Crippen LogP contribution in [0.1, 0.15) is 33.3 Å². The largest absolute Gasteiger partial charge is 0.494 e. The zero-order valence-corrected chi connectivity index (χ0v) is 13.4. The Morgan fingerprint density at radius 2 is 1.85 bits per heavy atom. The maximum Gasteiger partial charge on any atom is 0.168 e. The van der Waals surface area contributed by atoms with Crippen LogP contribution in [0.2, 0.25) is 0 Å². The van der Waals surface area contributed by atoms with E-state index in [9.17, 15) is 4.39 Å². The van der Waals surface area contributed by atoms with Gasteiger partial charge < -0.3 is 10.1 Å². The number of nitrogens with one attached hydrogen (secondary N) is 1. The Labute approximate surface area is 121 Å². The van der Waals surface area contributed by atoms with Gasteiger partial charge >= 0.3 is 0 Å². The number of rotatable bonds is 5. The third-order valence-electron chi connectivity index (χ3n) is 5.61. The summed E-state index contributed by atoms with van der Waals surface area (Å²) in [6, 6.07) is 5.65. The van der Waals surface area contributed by atoms with Gasteiger partial charge in [0.15, 0.2) is 11.6 Å². The highest BCUT2D eigenvalue weighted by Gasteiger charge is 2.66. The molecule has 0 spiro atoms. The average molecular weight is 279 g/mol. The van der Waals surface area contributed by atoms with Crippen molar-refractivity contribution in [2.75, 3.05) is 14.2 Å². The number of likely N-dealkylation sites (N-methyl/N-ethyl adjacent to an activating group) is 1. The van der Waals surface area contributed by atoms with Crippen molar-refractivity contribution in [3.8, 4) is 5.75 Å². The summed E-state index contributed by atoms with van der Waals surface area (Å²) in [5.41, 5.74) is 1.30. The first-order chi connectivity index (χ1) is 9.27. The van der Waals surface area contributed by atoms with E-state index in [1.54, 1.807) is 6.07 Å². The third kappa shape index (κ3) is 2.22. The topological polar surface area (TPSA) is 21.3 Å². The molecule has 1 aliphatic carbocycles. The summed E-state index contributed by atoms with van der Waals surface area (Å²) < 4.78 is 19.3. The number of benzene rings is 1. The fourth-order valence-electron chi connectivity index (χ4n) is 3.75. The normalized spacial score (nSPS) is 21.6. The average Bonchev–Trinajstić information content (AvgIpc) is 2.79. The fourth-order valence-corrected chi connectivity index (χ4v) is 3.75. The molecule has 1 aliphatic rings. The van der Waals surface area contributed by atoms with E-state index in [2.05, 4.69) is 33.0 Å². The minimum absolute atomic E-state index is 0.230. The molecular formula is C17H26FNO. The fraction of sp³-hybridized carbons (Fsp3) is 0.647. The van der Waals surface area contributed by atoms with Crippen molar-refractivity contribution in [3.63, 3.8) is 0 Å². The molecule has 1 unspecified atom stereocenters. The summed E-state index contributed by atoms with van der Waals surface area (Å²) in [4.78, 5) is 0. The highest BCUT2D eigenvalue weighted by Crippen LogP contribution is 2.69. The number of ether oxygens (including phenoxy) is 1. The van der Waals surface area contributed by atoms with E-state index in [0.29, 0.717) is 18.1 Å². The minimum atomic E-state index is -0.230. The molecule has 1 aromatic rings. The molecule has 0 aromatic heterocycles. The lowest BCUT2D eigenvalue weighted by Gasteiger charge is -2.19. The van der Waals surface area contributed by atoms with Crippen LogP contribution in [0.3, 0.4) is 0 Å². The SMILES string of the molecule is CNC(Cc1cccc(OC)c1F)C1C(C)(C)C1(C)C. The van der Waals surface area contributed by atoms with Crippen LogP contribution >= 0.6 is 0 Å². The minimum Gasteiger partial charge on any atom is -0.494 e. The molecule has 112 valence electrons. The Morgan fingerprint density at radius 3 is 2.30 bits per heavy atom. The summed E-state index contributed by atoms with van der Waals surface area (Å²) in [7, 11) is 3.47. The van der Waals surface area contributed by atoms with Crippen molar-refractivity contribution in [1.82, 2.24) is 5.32 Å². The molecule has 0 heterocycles. The van der Waals surface area contributed by atoms with Gasteiger partial charge in [0.1, 0.15) is 0 Å². The van der Waals surface area contributed by atoms with E-state index < -0.39 is 0 Å². The van der Waals surface area contributed by atoms with Gasteiger partial charge in [0.25, 0.3) is 0 Å². The van der Waals surface area contributed by atoms with Crippen molar-refractivity contribution < 1.29 is 9.13 Å². The molecule has 2 rings (SSSR count). The Morgan fingerprint density at radius 1 is 1.25 bits per heavy atom. The van der Waals surface area contributed by atoms with Gasteiger partial charge in [0.2, 0.25) is 0 Å². The van der Waals surface area contributed by atoms with Crippen LogP contribution in [-0.2, 0) is 6.42 Å². The van der Waals surface area contributed by atoms with E-state index in [4.69, 9.17) is 4.74 Å². The molecule has 1 fully saturated rings. The highest BCUT2D eigenvalue weighted by atomic mass is 19.1. The second-order valence-electron chi connectivity index (χ2n) is 6.95. The van der Waals surface area contributed by atoms with Gasteiger partial charge in [-0.3, -0.25) is 0 Å². The monoisotopic (exact) mass is 279 g/mol. The van der Waals surface area contributed by atoms with E-state index in [1.165, 1.54) is 7.11 Å². The van der Waals surface area contributed by atoms with Crippen molar-refractivity contribution >= 4 is 0 Å². The summed E-state index contributed by atoms with van der Waals surface area (Å²) in [6.07, 6.45) is 0.692. The van der Waals surface area contributed by atoms with Crippen LogP contribution in [-0.4, -0.2) is 20.2 Å². The summed E-state index contributed by atoms with van der Waals surface area (Å²) in [5, 5.41) is 3.38. The summed E-state index contributed by atoms with van der Waals surface area (Å²) >= 11 is 0. The van der Waals surface area contributed by atoms with E-state index in [1.807, 2.05) is 19.2 Å². The van der Waals surface area contributed by atoms with Crippen LogP contribution in [0.15, 0.2) is 18.2 Å². The lowest BCUT2D eigenvalue weighted by molar-refractivity contribution is 0.377. The van der Waals surface area contributed by atoms with E-state index >= 15 is 0 Å². The van der Waals surface area contributed by atoms with E-state index in [0.717, 1.165) is 5.56 Å². The molecule has 20 heavy (non-hydrogen) atoms. The number of hydrogen-bond acceptors (Lipinski definition) is 2. The lowest BCUT2D eigenvalue weighted by atomic mass is 9.96. The number of hydrogen-bond donors (Lipinski definition) is 1. The molecule has 0 radical (unpaired) electrons. The lowest BCUT2D eigenvalue weighted by Crippen LogP contribution is -2.32. The van der Waals surface area contributed by atoms with Gasteiger partial charge in [0.05, 0.1) is 7.11 Å². The maximum absolute atomic E-state index is 14.3. The molecule has 1 N–H and O–H groups in total. The summed E-state index contributed by atoms with van der Waals surface area (Å²) in [6.45, 7) is 9.18. The predicted octanol–water partition coefficient (Wildman–Crippen LogP) is 3.65. The second-order valence-corrected chi connectivity index (χ2v) is 6.95. The van der Waals surface area contributed by atoms with Gasteiger partial charge in [-0.05, 0) is 41.8 Å². The van der Waals surface area contributed by atoms with E-state index in [-0.39, 0.29) is 22.7 Å². The van der Waals surface area contributed by atoms with Crippen molar-refractivity contribution in [2.45, 2.75) is 40.2 Å². The van der Waals surface area contributed by atoms with Gasteiger partial charge in [-0.15, -0.1) is 0 Å². The van der Waals surface area contributed by atoms with Crippen LogP contribution in [0.4, 0.5) is 4.39 Å². The highest BCUT2D eigenvalue weighted by molar-refractivity contribution is 5.32. The third-order valence-corrected chi connectivity index (χ3v) is 5.61. The van der Waals surface area contributed by atoms with Crippen LogP contribution < -0.4 is 10.1 Å². The van der Waals surface area contributed by atoms with Crippen LogP contribution in [0.25, 0.3) is 0 Å². The zero-order valence-electron chi connectivity index (χ0n) is 13.4. The second kappa shape index (κ2) is 5.03. The Kier molecular flexibility index (Phi) is 3.85. The standard InChI is InChI=1S/C17H26FNO/c1-16(2)15(17(16,3)4)12(19-5)10-11-8-7-9-13(20-6)14(11)18/h7-9,12,15,19H,10H2,1-6H3. The molecule has 2 nitrogen and oxygen atoms in total. The molecule has 1 atom stereocenters. The number of methoxy groups -OCH3 is 1. The molecule has 0 amide bonds. The summed E-state index contributed by atoms with van der Waals surface area (Å²) in [5.74, 6) is 0.642. The van der Waals surface area contributed by atoms with Crippen molar-refractivity contribution in [2.24, 2.45) is 16.7 Å². The number of halogens is 1. The first-order valence-electron chi connectivity index (χ1n) is 7.26. The van der Waals surface area contributed by atoms with Gasteiger partial charge in [0, 0.05) is 6.04 Å². The van der Waals surface area contributed by atoms with Crippen LogP contribution in [0.5, 0.6) is 5.75 Å². The smallest absolute Gasteiger partial charge is 0.168 e.